The smallest absolute Gasteiger partial charge is 0.341 e. The van der Waals surface area contributed by atoms with Crippen LogP contribution >= 0.6 is 0 Å². The molecule has 0 saturated carbocycles. The molecule has 0 bridgehead atoms. The Kier molecular flexibility index (Phi) is 6.97. The highest BCUT2D eigenvalue weighted by atomic mass is 19.1. The lowest BCUT2D eigenvalue weighted by Gasteiger charge is -2.08. The van der Waals surface area contributed by atoms with E-state index in [-0.39, 0.29) is 12.2 Å². The van der Waals surface area contributed by atoms with E-state index in [1.165, 1.54) is 12.1 Å². The molecule has 5 nitrogen and oxygen atoms in total. The zero-order valence-corrected chi connectivity index (χ0v) is 11.8. The molecule has 0 amide bonds. The molecule has 2 N–H and O–H groups in total. The number of aryl methyl sites for hydroxylation is 1. The van der Waals surface area contributed by atoms with Crippen molar-refractivity contribution in [2.75, 3.05) is 39.3 Å². The van der Waals surface area contributed by atoms with Gasteiger partial charge in [-0.15, -0.1) is 0 Å². The van der Waals surface area contributed by atoms with Crippen LogP contribution in [0.5, 0.6) is 0 Å². The van der Waals surface area contributed by atoms with E-state index < -0.39 is 11.8 Å². The molecule has 1 rings (SSSR count). The Balaban J connectivity index is 2.36. The second-order valence-electron chi connectivity index (χ2n) is 4.29. The summed E-state index contributed by atoms with van der Waals surface area (Å²) < 4.78 is 28.8. The van der Waals surface area contributed by atoms with Crippen LogP contribution in [0.15, 0.2) is 12.1 Å². The normalized spacial score (nSPS) is 10.6. The molecule has 0 heterocycles. The Morgan fingerprint density at radius 2 is 2.00 bits per heavy atom. The van der Waals surface area contributed by atoms with Crippen LogP contribution in [0.2, 0.25) is 0 Å². The maximum atomic E-state index is 13.8. The summed E-state index contributed by atoms with van der Waals surface area (Å²) in [6, 6.07) is 2.75. The van der Waals surface area contributed by atoms with Crippen LogP contribution in [-0.2, 0) is 14.2 Å². The monoisotopic (exact) mass is 285 g/mol. The summed E-state index contributed by atoms with van der Waals surface area (Å²) in [4.78, 5) is 11.7. The zero-order valence-electron chi connectivity index (χ0n) is 11.8. The fourth-order valence-corrected chi connectivity index (χ4v) is 1.59. The number of hydrogen-bond donors (Lipinski definition) is 1. The summed E-state index contributed by atoms with van der Waals surface area (Å²) in [5.74, 6) is -1.31. The number of hydrogen-bond acceptors (Lipinski definition) is 5. The average molecular weight is 285 g/mol. The summed E-state index contributed by atoms with van der Waals surface area (Å²) in [6.45, 7) is 3.18. The van der Waals surface area contributed by atoms with Crippen LogP contribution in [0.1, 0.15) is 22.3 Å². The van der Waals surface area contributed by atoms with Gasteiger partial charge in [0.2, 0.25) is 0 Å². The molecule has 0 aliphatic heterocycles. The van der Waals surface area contributed by atoms with Gasteiger partial charge in [-0.1, -0.05) is 0 Å². The molecule has 0 aliphatic rings. The van der Waals surface area contributed by atoms with Gasteiger partial charge in [0.05, 0.1) is 25.4 Å². The van der Waals surface area contributed by atoms with Crippen molar-refractivity contribution >= 4 is 11.7 Å². The van der Waals surface area contributed by atoms with Crippen LogP contribution in [-0.4, -0.2) is 39.5 Å². The molecule has 1 aromatic rings. The number of nitrogen functional groups attached to an aromatic ring is 1. The highest BCUT2D eigenvalue weighted by Gasteiger charge is 2.15. The van der Waals surface area contributed by atoms with E-state index in [1.54, 1.807) is 14.0 Å². The van der Waals surface area contributed by atoms with Crippen molar-refractivity contribution in [3.8, 4) is 0 Å². The van der Waals surface area contributed by atoms with Gasteiger partial charge in [0.1, 0.15) is 5.82 Å². The third-order valence-corrected chi connectivity index (χ3v) is 2.59. The minimum Gasteiger partial charge on any atom is -0.462 e. The van der Waals surface area contributed by atoms with E-state index in [0.717, 1.165) is 0 Å². The predicted molar refractivity (Wildman–Crippen MR) is 73.1 cm³/mol. The Morgan fingerprint density at radius 3 is 2.70 bits per heavy atom. The maximum Gasteiger partial charge on any atom is 0.341 e. The van der Waals surface area contributed by atoms with Crippen molar-refractivity contribution in [3.05, 3.63) is 29.1 Å². The van der Waals surface area contributed by atoms with Crippen molar-refractivity contribution in [1.29, 1.82) is 0 Å². The Morgan fingerprint density at radius 1 is 1.25 bits per heavy atom. The number of benzene rings is 1. The van der Waals surface area contributed by atoms with Gasteiger partial charge in [-0.25, -0.2) is 9.18 Å². The number of methoxy groups -OCH3 is 1. The van der Waals surface area contributed by atoms with Gasteiger partial charge in [-0.05, 0) is 24.6 Å². The van der Waals surface area contributed by atoms with Crippen LogP contribution in [0, 0.1) is 12.7 Å². The molecule has 0 unspecified atom stereocenters. The summed E-state index contributed by atoms with van der Waals surface area (Å²) >= 11 is 0. The zero-order chi connectivity index (χ0) is 15.0. The first-order chi connectivity index (χ1) is 9.56. The molecule has 1 aromatic carbocycles. The quantitative estimate of drug-likeness (QED) is 0.449. The van der Waals surface area contributed by atoms with Crippen LogP contribution in [0.4, 0.5) is 10.1 Å². The number of nitrogens with two attached hydrogens (primary N) is 1. The summed E-state index contributed by atoms with van der Waals surface area (Å²) in [7, 11) is 1.59. The van der Waals surface area contributed by atoms with E-state index in [4.69, 9.17) is 19.9 Å². The minimum absolute atomic E-state index is 0.136. The van der Waals surface area contributed by atoms with E-state index >= 15 is 0 Å². The molecule has 20 heavy (non-hydrogen) atoms. The lowest BCUT2D eigenvalue weighted by molar-refractivity contribution is 0.0381. The van der Waals surface area contributed by atoms with Gasteiger partial charge in [-0.3, -0.25) is 0 Å². The van der Waals surface area contributed by atoms with Crippen LogP contribution in [0.25, 0.3) is 0 Å². The van der Waals surface area contributed by atoms with Gasteiger partial charge in [0.15, 0.2) is 0 Å². The number of ether oxygens (including phenoxy) is 3. The Bertz CT molecular complexity index is 451. The highest BCUT2D eigenvalue weighted by Crippen LogP contribution is 2.18. The molecular formula is C14H20FNO4. The average Bonchev–Trinajstić information content (AvgIpc) is 2.41. The number of carbonyl (C=O) groups is 1. The SMILES string of the molecule is COCCOCCCOC(=O)c1cc(N)cc(C)c1F. The van der Waals surface area contributed by atoms with Crippen molar-refractivity contribution in [2.45, 2.75) is 13.3 Å². The van der Waals surface area contributed by atoms with Crippen molar-refractivity contribution in [2.24, 2.45) is 0 Å². The molecule has 112 valence electrons. The molecule has 0 radical (unpaired) electrons. The van der Waals surface area contributed by atoms with E-state index in [2.05, 4.69) is 0 Å². The van der Waals surface area contributed by atoms with Gasteiger partial charge < -0.3 is 19.9 Å². The maximum absolute atomic E-state index is 13.8. The molecule has 0 aliphatic carbocycles. The number of carbonyl (C=O) groups excluding carboxylic acids is 1. The van der Waals surface area contributed by atoms with E-state index in [1.807, 2.05) is 0 Å². The number of anilines is 1. The molecule has 0 aromatic heterocycles. The topological polar surface area (TPSA) is 70.8 Å². The van der Waals surface area contributed by atoms with E-state index in [0.29, 0.717) is 37.5 Å². The first-order valence-electron chi connectivity index (χ1n) is 6.35. The second-order valence-corrected chi connectivity index (χ2v) is 4.29. The summed E-state index contributed by atoms with van der Waals surface area (Å²) in [6.07, 6.45) is 0.540. The number of halogens is 1. The molecule has 0 saturated heterocycles. The molecular weight excluding hydrogens is 265 g/mol. The largest absolute Gasteiger partial charge is 0.462 e. The molecule has 6 heteroatoms. The lowest BCUT2D eigenvalue weighted by Crippen LogP contribution is -2.12. The van der Waals surface area contributed by atoms with E-state index in [9.17, 15) is 9.18 Å². The van der Waals surface area contributed by atoms with Gasteiger partial charge in [0.25, 0.3) is 0 Å². The van der Waals surface area contributed by atoms with Gasteiger partial charge in [-0.2, -0.15) is 0 Å². The Hall–Kier alpha value is -1.66. The standard InChI is InChI=1S/C14H20FNO4/c1-10-8-11(16)9-12(13(10)15)14(17)20-5-3-4-19-7-6-18-2/h8-9H,3-7,16H2,1-2H3. The summed E-state index contributed by atoms with van der Waals surface area (Å²) in [5.41, 5.74) is 6.10. The van der Waals surface area contributed by atoms with Crippen molar-refractivity contribution in [3.63, 3.8) is 0 Å². The van der Waals surface area contributed by atoms with Gasteiger partial charge >= 0.3 is 5.97 Å². The number of rotatable bonds is 8. The molecule has 0 spiro atoms. The van der Waals surface area contributed by atoms with Crippen molar-refractivity contribution < 1.29 is 23.4 Å². The minimum atomic E-state index is -0.713. The summed E-state index contributed by atoms with van der Waals surface area (Å²) in [5, 5.41) is 0. The molecule has 0 fully saturated rings. The first kappa shape index (κ1) is 16.4. The third kappa shape index (κ3) is 5.14. The first-order valence-corrected chi connectivity index (χ1v) is 6.35. The highest BCUT2D eigenvalue weighted by molar-refractivity contribution is 5.91. The molecule has 0 atom stereocenters. The fourth-order valence-electron chi connectivity index (χ4n) is 1.59. The second kappa shape index (κ2) is 8.50. The number of esters is 1. The van der Waals surface area contributed by atoms with Gasteiger partial charge in [0, 0.05) is 25.8 Å². The van der Waals surface area contributed by atoms with Crippen molar-refractivity contribution in [1.82, 2.24) is 0 Å². The third-order valence-electron chi connectivity index (χ3n) is 2.59. The predicted octanol–water partition coefficient (Wildman–Crippen LogP) is 1.93. The lowest BCUT2D eigenvalue weighted by atomic mass is 10.1. The Labute approximate surface area is 117 Å². The fraction of sp³-hybridized carbons (Fsp3) is 0.500. The van der Waals surface area contributed by atoms with Crippen LogP contribution in [0.3, 0.4) is 0 Å². The van der Waals surface area contributed by atoms with Crippen LogP contribution < -0.4 is 5.73 Å².